The molecule has 1 saturated heterocycles. The Bertz CT molecular complexity index is 1220. The van der Waals surface area contributed by atoms with Crippen LogP contribution in [0.3, 0.4) is 0 Å². The van der Waals surface area contributed by atoms with Crippen LogP contribution in [0.15, 0.2) is 42.5 Å². The van der Waals surface area contributed by atoms with Crippen LogP contribution in [-0.4, -0.2) is 65.0 Å². The molecule has 1 fully saturated rings. The van der Waals surface area contributed by atoms with Crippen LogP contribution < -0.4 is 10.6 Å². The van der Waals surface area contributed by atoms with Gasteiger partial charge in [0.05, 0.1) is 16.8 Å². The number of ether oxygens (including phenoxy) is 1. The number of hydrogen-bond donors (Lipinski definition) is 2. The number of amides is 3. The quantitative estimate of drug-likeness (QED) is 0.594. The van der Waals surface area contributed by atoms with Gasteiger partial charge >= 0.3 is 6.09 Å². The largest absolute Gasteiger partial charge is 0.444 e. The highest BCUT2D eigenvalue weighted by Crippen LogP contribution is 2.30. The van der Waals surface area contributed by atoms with Gasteiger partial charge in [-0.05, 0) is 76.8 Å². The van der Waals surface area contributed by atoms with Crippen LogP contribution in [0.25, 0.3) is 0 Å². The molecule has 3 amide bonds. The van der Waals surface area contributed by atoms with E-state index >= 15 is 0 Å². The lowest BCUT2D eigenvalue weighted by Gasteiger charge is -2.43. The van der Waals surface area contributed by atoms with Gasteiger partial charge in [-0.15, -0.1) is 0 Å². The van der Waals surface area contributed by atoms with Crippen LogP contribution in [-0.2, 0) is 27.3 Å². The van der Waals surface area contributed by atoms with Gasteiger partial charge in [-0.3, -0.25) is 14.5 Å². The Morgan fingerprint density at radius 1 is 1.03 bits per heavy atom. The molecule has 8 nitrogen and oxygen atoms in total. The number of piperidine rings is 1. The Labute approximate surface area is 229 Å². The van der Waals surface area contributed by atoms with E-state index in [-0.39, 0.29) is 37.7 Å². The molecule has 2 aromatic carbocycles. The molecule has 0 saturated carbocycles. The molecule has 4 rings (SSSR count). The van der Waals surface area contributed by atoms with Gasteiger partial charge in [0, 0.05) is 19.6 Å². The van der Waals surface area contributed by atoms with Crippen LogP contribution >= 0.6 is 11.6 Å². The summed E-state index contributed by atoms with van der Waals surface area (Å²) in [6.45, 7) is 8.51. The van der Waals surface area contributed by atoms with Crippen molar-refractivity contribution in [3.8, 4) is 0 Å². The van der Waals surface area contributed by atoms with Crippen molar-refractivity contribution < 1.29 is 19.1 Å². The number of anilines is 1. The van der Waals surface area contributed by atoms with Crippen molar-refractivity contribution in [1.29, 1.82) is 0 Å². The number of halogens is 1. The summed E-state index contributed by atoms with van der Waals surface area (Å²) >= 11 is 6.46. The smallest absolute Gasteiger partial charge is 0.410 e. The molecular weight excluding hydrogens is 504 g/mol. The summed E-state index contributed by atoms with van der Waals surface area (Å²) in [5, 5.41) is 6.51. The molecule has 0 bridgehead atoms. The summed E-state index contributed by atoms with van der Waals surface area (Å²) in [7, 11) is 1.92. The summed E-state index contributed by atoms with van der Waals surface area (Å²) < 4.78 is 5.53. The Hall–Kier alpha value is -3.10. The number of likely N-dealkylation sites (tertiary alicyclic amines) is 1. The maximum Gasteiger partial charge on any atom is 0.410 e. The zero-order valence-electron chi connectivity index (χ0n) is 22.8. The Morgan fingerprint density at radius 2 is 1.68 bits per heavy atom. The molecular formula is C29H37ClN4O4. The fourth-order valence-corrected chi connectivity index (χ4v) is 5.23. The highest BCUT2D eigenvalue weighted by Gasteiger charge is 2.46. The van der Waals surface area contributed by atoms with E-state index < -0.39 is 23.3 Å². The summed E-state index contributed by atoms with van der Waals surface area (Å²) in [6.07, 6.45) is 0.632. The first-order valence-corrected chi connectivity index (χ1v) is 13.4. The van der Waals surface area contributed by atoms with Crippen molar-refractivity contribution >= 4 is 35.2 Å². The predicted molar refractivity (Wildman–Crippen MR) is 148 cm³/mol. The van der Waals surface area contributed by atoms with Gasteiger partial charge in [-0.25, -0.2) is 4.79 Å². The Kier molecular flexibility index (Phi) is 8.04. The number of carbonyl (C=O) groups excluding carboxylic acids is 3. The molecule has 9 heteroatoms. The van der Waals surface area contributed by atoms with Crippen LogP contribution in [0.1, 0.15) is 50.3 Å². The van der Waals surface area contributed by atoms with E-state index in [2.05, 4.69) is 16.7 Å². The standard InChI is InChI=1S/C29H37ClN4O4/c1-19-9-8-12-22(24(19)30)31-26(36)29(13-15-34(16-14-29)27(37)38-28(2,3)4)32-25(35)23-17-20-10-6-7-11-21(20)18-33(23)5/h6-12,23H,13-18H2,1-5H3,(H,31,36)(H,32,35)/t23-/m0/s1. The highest BCUT2D eigenvalue weighted by atomic mass is 35.5. The molecule has 2 heterocycles. The minimum Gasteiger partial charge on any atom is -0.444 e. The molecule has 2 N–H and O–H groups in total. The van der Waals surface area contributed by atoms with E-state index in [1.165, 1.54) is 5.56 Å². The lowest BCUT2D eigenvalue weighted by atomic mass is 9.85. The number of fused-ring (bicyclic) bond motifs is 1. The van der Waals surface area contributed by atoms with Crippen LogP contribution in [0, 0.1) is 6.92 Å². The zero-order chi connectivity index (χ0) is 27.7. The second kappa shape index (κ2) is 10.9. The molecule has 2 aliphatic rings. The average molecular weight is 541 g/mol. The first kappa shape index (κ1) is 27.9. The van der Waals surface area contributed by atoms with E-state index in [0.717, 1.165) is 11.1 Å². The fourth-order valence-electron chi connectivity index (χ4n) is 5.06. The number of likely N-dealkylation sites (N-methyl/N-ethyl adjacent to an activating group) is 1. The third-order valence-electron chi connectivity index (χ3n) is 7.29. The molecule has 1 atom stereocenters. The molecule has 0 unspecified atom stereocenters. The van der Waals surface area contributed by atoms with E-state index in [0.29, 0.717) is 23.7 Å². The summed E-state index contributed by atoms with van der Waals surface area (Å²) in [4.78, 5) is 43.8. The molecule has 2 aromatic rings. The van der Waals surface area contributed by atoms with Gasteiger partial charge in [-0.2, -0.15) is 0 Å². The van der Waals surface area contributed by atoms with Gasteiger partial charge in [-0.1, -0.05) is 48.0 Å². The van der Waals surface area contributed by atoms with Gasteiger partial charge < -0.3 is 20.3 Å². The van der Waals surface area contributed by atoms with Crippen molar-refractivity contribution in [3.63, 3.8) is 0 Å². The minimum atomic E-state index is -1.21. The number of carbonyl (C=O) groups is 3. The van der Waals surface area contributed by atoms with E-state index in [4.69, 9.17) is 16.3 Å². The summed E-state index contributed by atoms with van der Waals surface area (Å²) in [6, 6.07) is 13.1. The van der Waals surface area contributed by atoms with Crippen molar-refractivity contribution in [3.05, 3.63) is 64.2 Å². The van der Waals surface area contributed by atoms with Gasteiger partial charge in [0.25, 0.3) is 0 Å². The van der Waals surface area contributed by atoms with Gasteiger partial charge in [0.1, 0.15) is 11.1 Å². The molecule has 0 spiro atoms. The van der Waals surface area contributed by atoms with Crippen molar-refractivity contribution in [1.82, 2.24) is 15.1 Å². The highest BCUT2D eigenvalue weighted by molar-refractivity contribution is 6.34. The van der Waals surface area contributed by atoms with E-state index in [1.54, 1.807) is 11.0 Å². The fraction of sp³-hybridized carbons (Fsp3) is 0.483. The Balaban J connectivity index is 1.56. The Morgan fingerprint density at radius 3 is 2.34 bits per heavy atom. The number of nitrogens with one attached hydrogen (secondary N) is 2. The number of nitrogens with zero attached hydrogens (tertiary/aromatic N) is 2. The third kappa shape index (κ3) is 6.13. The van der Waals surface area contributed by atoms with Crippen LogP contribution in [0.5, 0.6) is 0 Å². The monoisotopic (exact) mass is 540 g/mol. The van der Waals surface area contributed by atoms with E-state index in [1.807, 2.05) is 70.0 Å². The average Bonchev–Trinajstić information content (AvgIpc) is 2.85. The number of hydrogen-bond acceptors (Lipinski definition) is 5. The maximum absolute atomic E-state index is 13.8. The van der Waals surface area contributed by atoms with Crippen molar-refractivity contribution in [2.75, 3.05) is 25.5 Å². The third-order valence-corrected chi connectivity index (χ3v) is 7.79. The van der Waals surface area contributed by atoms with E-state index in [9.17, 15) is 14.4 Å². The summed E-state index contributed by atoms with van der Waals surface area (Å²) in [5.41, 5.74) is 1.83. The van der Waals surface area contributed by atoms with Crippen molar-refractivity contribution in [2.45, 2.75) is 70.7 Å². The topological polar surface area (TPSA) is 91.0 Å². The summed E-state index contributed by atoms with van der Waals surface area (Å²) in [5.74, 6) is -0.556. The second-order valence-corrected chi connectivity index (χ2v) is 11.7. The zero-order valence-corrected chi connectivity index (χ0v) is 23.5. The lowest BCUT2D eigenvalue weighted by Crippen LogP contribution is -2.65. The second-order valence-electron chi connectivity index (χ2n) is 11.3. The molecule has 0 radical (unpaired) electrons. The number of aryl methyl sites for hydroxylation is 1. The predicted octanol–water partition coefficient (Wildman–Crippen LogP) is 4.53. The molecule has 204 valence electrons. The first-order valence-electron chi connectivity index (χ1n) is 13.0. The normalized spacial score (nSPS) is 19.3. The van der Waals surface area contributed by atoms with Gasteiger partial charge in [0.2, 0.25) is 11.8 Å². The molecule has 0 aromatic heterocycles. The van der Waals surface area contributed by atoms with Crippen LogP contribution in [0.4, 0.5) is 10.5 Å². The molecule has 2 aliphatic heterocycles. The lowest BCUT2D eigenvalue weighted by molar-refractivity contribution is -0.135. The minimum absolute atomic E-state index is 0.210. The van der Waals surface area contributed by atoms with Crippen LogP contribution in [0.2, 0.25) is 5.02 Å². The molecule has 0 aliphatic carbocycles. The molecule has 38 heavy (non-hydrogen) atoms. The number of rotatable bonds is 4. The van der Waals surface area contributed by atoms with Gasteiger partial charge in [0.15, 0.2) is 0 Å². The van der Waals surface area contributed by atoms with Crippen molar-refractivity contribution in [2.24, 2.45) is 0 Å². The first-order chi connectivity index (χ1) is 17.9. The number of benzene rings is 2. The maximum atomic E-state index is 13.8. The SMILES string of the molecule is Cc1cccc(NC(=O)C2(NC(=O)[C@@H]3Cc4ccccc4CN3C)CCN(C(=O)OC(C)(C)C)CC2)c1Cl.